The van der Waals surface area contributed by atoms with E-state index < -0.39 is 0 Å². The van der Waals surface area contributed by atoms with Crippen molar-refractivity contribution in [2.75, 3.05) is 30.4 Å². The highest BCUT2D eigenvalue weighted by atomic mass is 16.5. The summed E-state index contributed by atoms with van der Waals surface area (Å²) in [5, 5.41) is 2.82. The molecule has 1 N–H and O–H groups in total. The zero-order valence-electron chi connectivity index (χ0n) is 14.0. The van der Waals surface area contributed by atoms with E-state index in [9.17, 15) is 4.79 Å². The van der Waals surface area contributed by atoms with Crippen LogP contribution < -0.4 is 15.0 Å². The van der Waals surface area contributed by atoms with Gasteiger partial charge in [-0.1, -0.05) is 6.07 Å². The molecule has 0 atom stereocenters. The molecule has 2 aromatic rings. The van der Waals surface area contributed by atoms with E-state index in [2.05, 4.69) is 34.0 Å². The summed E-state index contributed by atoms with van der Waals surface area (Å²) in [5.41, 5.74) is 1.92. The molecule has 1 heterocycles. The number of carbonyl (C=O) groups is 1. The summed E-state index contributed by atoms with van der Waals surface area (Å²) in [6.07, 6.45) is 3.11. The van der Waals surface area contributed by atoms with Gasteiger partial charge in [0.25, 0.3) is 5.91 Å². The number of methoxy groups -OCH3 is 1. The Kier molecular flexibility index (Phi) is 5.51. The van der Waals surface area contributed by atoms with Gasteiger partial charge in [0.2, 0.25) is 0 Å². The van der Waals surface area contributed by atoms with Gasteiger partial charge in [0.1, 0.15) is 17.3 Å². The first-order chi connectivity index (χ1) is 11.1. The molecule has 0 aliphatic rings. The van der Waals surface area contributed by atoms with Crippen LogP contribution in [0.5, 0.6) is 5.75 Å². The average Bonchev–Trinajstić information content (AvgIpc) is 2.57. The lowest BCUT2D eigenvalue weighted by molar-refractivity contribution is 0.102. The number of anilines is 2. The zero-order valence-corrected chi connectivity index (χ0v) is 14.0. The summed E-state index contributed by atoms with van der Waals surface area (Å²) in [4.78, 5) is 22.9. The fourth-order valence-corrected chi connectivity index (χ4v) is 2.26. The highest BCUT2D eigenvalue weighted by Gasteiger charge is 2.13. The monoisotopic (exact) mass is 314 g/mol. The maximum Gasteiger partial charge on any atom is 0.275 e. The van der Waals surface area contributed by atoms with E-state index in [1.807, 2.05) is 25.1 Å². The summed E-state index contributed by atoms with van der Waals surface area (Å²) >= 11 is 0. The molecule has 0 fully saturated rings. The SMILES string of the molecule is CCN(CC)c1cnc(C(=O)Nc2cc(C)ccc2OC)cn1. The standard InChI is InChI=1S/C17H22N4O2/c1-5-21(6-2)16-11-18-14(10-19-16)17(22)20-13-9-12(3)7-8-15(13)23-4/h7-11H,5-6H2,1-4H3,(H,20,22). The summed E-state index contributed by atoms with van der Waals surface area (Å²) in [6.45, 7) is 7.74. The topological polar surface area (TPSA) is 67.4 Å². The predicted molar refractivity (Wildman–Crippen MR) is 91.3 cm³/mol. The number of hydrogen-bond donors (Lipinski definition) is 1. The van der Waals surface area contributed by atoms with Gasteiger partial charge in [0, 0.05) is 13.1 Å². The van der Waals surface area contributed by atoms with Crippen molar-refractivity contribution >= 4 is 17.4 Å². The zero-order chi connectivity index (χ0) is 16.8. The molecular formula is C17H22N4O2. The third-order valence-corrected chi connectivity index (χ3v) is 3.56. The second-order valence-corrected chi connectivity index (χ2v) is 5.09. The van der Waals surface area contributed by atoms with Crippen LogP contribution in [0.4, 0.5) is 11.5 Å². The normalized spacial score (nSPS) is 10.3. The average molecular weight is 314 g/mol. The van der Waals surface area contributed by atoms with E-state index in [1.54, 1.807) is 13.3 Å². The number of aryl methyl sites for hydroxylation is 1. The number of aromatic nitrogens is 2. The Bertz CT molecular complexity index is 667. The molecule has 1 amide bonds. The van der Waals surface area contributed by atoms with Crippen molar-refractivity contribution in [2.24, 2.45) is 0 Å². The molecule has 1 aromatic carbocycles. The van der Waals surface area contributed by atoms with E-state index >= 15 is 0 Å². The Morgan fingerprint density at radius 2 is 1.96 bits per heavy atom. The second kappa shape index (κ2) is 7.58. The van der Waals surface area contributed by atoms with Gasteiger partial charge in [-0.05, 0) is 38.5 Å². The molecule has 6 nitrogen and oxygen atoms in total. The highest BCUT2D eigenvalue weighted by Crippen LogP contribution is 2.25. The lowest BCUT2D eigenvalue weighted by Gasteiger charge is -2.19. The van der Waals surface area contributed by atoms with Crippen LogP contribution in [0.1, 0.15) is 29.9 Å². The number of hydrogen-bond acceptors (Lipinski definition) is 5. The molecule has 122 valence electrons. The number of carbonyl (C=O) groups excluding carboxylic acids is 1. The number of benzene rings is 1. The molecule has 0 aliphatic carbocycles. The van der Waals surface area contributed by atoms with Crippen molar-refractivity contribution in [1.29, 1.82) is 0 Å². The van der Waals surface area contributed by atoms with Gasteiger partial charge in [0.15, 0.2) is 0 Å². The second-order valence-electron chi connectivity index (χ2n) is 5.09. The number of nitrogens with one attached hydrogen (secondary N) is 1. The van der Waals surface area contributed by atoms with E-state index in [1.165, 1.54) is 6.20 Å². The molecule has 0 radical (unpaired) electrons. The van der Waals surface area contributed by atoms with Gasteiger partial charge >= 0.3 is 0 Å². The van der Waals surface area contributed by atoms with Crippen molar-refractivity contribution in [3.63, 3.8) is 0 Å². The first-order valence-corrected chi connectivity index (χ1v) is 7.62. The molecule has 23 heavy (non-hydrogen) atoms. The fraction of sp³-hybridized carbons (Fsp3) is 0.353. The Morgan fingerprint density at radius 1 is 1.22 bits per heavy atom. The van der Waals surface area contributed by atoms with E-state index in [0.29, 0.717) is 11.4 Å². The van der Waals surface area contributed by atoms with Crippen LogP contribution in [0, 0.1) is 6.92 Å². The smallest absolute Gasteiger partial charge is 0.275 e. The minimum atomic E-state index is -0.313. The lowest BCUT2D eigenvalue weighted by atomic mass is 10.2. The van der Waals surface area contributed by atoms with Crippen LogP contribution >= 0.6 is 0 Å². The van der Waals surface area contributed by atoms with E-state index in [0.717, 1.165) is 24.5 Å². The molecule has 0 spiro atoms. The van der Waals surface area contributed by atoms with Crippen molar-refractivity contribution in [1.82, 2.24) is 9.97 Å². The summed E-state index contributed by atoms with van der Waals surface area (Å²) < 4.78 is 5.26. The van der Waals surface area contributed by atoms with E-state index in [4.69, 9.17) is 4.74 Å². The summed E-state index contributed by atoms with van der Waals surface area (Å²) in [6, 6.07) is 5.60. The molecule has 0 bridgehead atoms. The van der Waals surface area contributed by atoms with Crippen LogP contribution in [0.3, 0.4) is 0 Å². The lowest BCUT2D eigenvalue weighted by Crippen LogP contribution is -2.23. The van der Waals surface area contributed by atoms with Crippen LogP contribution in [0.2, 0.25) is 0 Å². The molecule has 2 rings (SSSR count). The maximum absolute atomic E-state index is 12.3. The molecular weight excluding hydrogens is 292 g/mol. The van der Waals surface area contributed by atoms with Gasteiger partial charge in [-0.3, -0.25) is 4.79 Å². The molecule has 1 aromatic heterocycles. The van der Waals surface area contributed by atoms with Crippen LogP contribution in [-0.2, 0) is 0 Å². The maximum atomic E-state index is 12.3. The first-order valence-electron chi connectivity index (χ1n) is 7.62. The van der Waals surface area contributed by atoms with Crippen LogP contribution in [-0.4, -0.2) is 36.1 Å². The Labute approximate surface area is 136 Å². The molecule has 0 unspecified atom stereocenters. The summed E-state index contributed by atoms with van der Waals surface area (Å²) in [5.74, 6) is 1.06. The summed E-state index contributed by atoms with van der Waals surface area (Å²) in [7, 11) is 1.57. The minimum Gasteiger partial charge on any atom is -0.495 e. The highest BCUT2D eigenvalue weighted by molar-refractivity contribution is 6.03. The molecule has 6 heteroatoms. The predicted octanol–water partition coefficient (Wildman–Crippen LogP) is 2.89. The molecule has 0 saturated heterocycles. The molecule has 0 aliphatic heterocycles. The van der Waals surface area contributed by atoms with Crippen LogP contribution in [0.15, 0.2) is 30.6 Å². The Morgan fingerprint density at radius 3 is 2.52 bits per heavy atom. The third kappa shape index (κ3) is 3.97. The van der Waals surface area contributed by atoms with Gasteiger partial charge in [-0.25, -0.2) is 9.97 Å². The van der Waals surface area contributed by atoms with Gasteiger partial charge in [-0.2, -0.15) is 0 Å². The van der Waals surface area contributed by atoms with Gasteiger partial charge in [-0.15, -0.1) is 0 Å². The van der Waals surface area contributed by atoms with E-state index in [-0.39, 0.29) is 11.6 Å². The van der Waals surface area contributed by atoms with Crippen LogP contribution in [0.25, 0.3) is 0 Å². The van der Waals surface area contributed by atoms with Crippen molar-refractivity contribution in [3.05, 3.63) is 41.9 Å². The van der Waals surface area contributed by atoms with Gasteiger partial charge in [0.05, 0.1) is 25.2 Å². The number of amides is 1. The number of rotatable bonds is 6. The number of ether oxygens (including phenoxy) is 1. The Balaban J connectivity index is 2.17. The van der Waals surface area contributed by atoms with Crippen molar-refractivity contribution in [2.45, 2.75) is 20.8 Å². The fourth-order valence-electron chi connectivity index (χ4n) is 2.26. The van der Waals surface area contributed by atoms with Gasteiger partial charge < -0.3 is 15.0 Å². The van der Waals surface area contributed by atoms with Crippen molar-refractivity contribution in [3.8, 4) is 5.75 Å². The minimum absolute atomic E-state index is 0.268. The first kappa shape index (κ1) is 16.7. The Hall–Kier alpha value is -2.63. The molecule has 0 saturated carbocycles. The largest absolute Gasteiger partial charge is 0.495 e. The quantitative estimate of drug-likeness (QED) is 0.888. The third-order valence-electron chi connectivity index (χ3n) is 3.56. The number of nitrogens with zero attached hydrogens (tertiary/aromatic N) is 3. The van der Waals surface area contributed by atoms with Crippen molar-refractivity contribution < 1.29 is 9.53 Å².